The Balaban J connectivity index is 1.79. The van der Waals surface area contributed by atoms with Gasteiger partial charge in [0.1, 0.15) is 0 Å². The highest BCUT2D eigenvalue weighted by molar-refractivity contribution is 7.92. The normalized spacial score (nSPS) is 10.9. The standard InChI is InChI=1S/C20H20N4O5S/c1-13(25)21-15-8-10-17(11-9-15)30(26,27)24-16-6-4-14(5-7-16)20-22-18(28-2)12-19(23-20)29-3/h4-12,24H,1-3H3,(H,21,25). The van der Waals surface area contributed by atoms with Crippen molar-refractivity contribution in [1.82, 2.24) is 9.97 Å². The van der Waals surface area contributed by atoms with Crippen LogP contribution in [0.25, 0.3) is 11.4 Å². The minimum atomic E-state index is -3.79. The van der Waals surface area contributed by atoms with E-state index in [4.69, 9.17) is 9.47 Å². The number of rotatable bonds is 7. The second kappa shape index (κ2) is 8.78. The molecule has 1 amide bonds. The molecular weight excluding hydrogens is 408 g/mol. The zero-order valence-electron chi connectivity index (χ0n) is 16.5. The molecule has 2 N–H and O–H groups in total. The summed E-state index contributed by atoms with van der Waals surface area (Å²) in [6.07, 6.45) is 0. The fourth-order valence-electron chi connectivity index (χ4n) is 2.56. The van der Waals surface area contributed by atoms with E-state index in [0.29, 0.717) is 34.5 Å². The summed E-state index contributed by atoms with van der Waals surface area (Å²) in [5, 5.41) is 2.59. The van der Waals surface area contributed by atoms with Gasteiger partial charge < -0.3 is 14.8 Å². The van der Waals surface area contributed by atoms with Crippen LogP contribution in [0.4, 0.5) is 11.4 Å². The second-order valence-electron chi connectivity index (χ2n) is 6.16. The molecule has 1 aromatic heterocycles. The van der Waals surface area contributed by atoms with Crippen molar-refractivity contribution in [2.75, 3.05) is 24.3 Å². The van der Waals surface area contributed by atoms with E-state index in [0.717, 1.165) is 0 Å². The smallest absolute Gasteiger partial charge is 0.261 e. The number of aromatic nitrogens is 2. The monoisotopic (exact) mass is 428 g/mol. The lowest BCUT2D eigenvalue weighted by Crippen LogP contribution is -2.13. The Morgan fingerprint density at radius 2 is 1.40 bits per heavy atom. The van der Waals surface area contributed by atoms with E-state index in [-0.39, 0.29) is 10.8 Å². The van der Waals surface area contributed by atoms with Gasteiger partial charge in [-0.3, -0.25) is 9.52 Å². The molecule has 3 rings (SSSR count). The first-order valence-corrected chi connectivity index (χ1v) is 10.3. The maximum Gasteiger partial charge on any atom is 0.261 e. The molecular formula is C20H20N4O5S. The first kappa shape index (κ1) is 21.1. The Bertz CT molecular complexity index is 1120. The summed E-state index contributed by atoms with van der Waals surface area (Å²) in [5.74, 6) is 0.851. The fraction of sp³-hybridized carbons (Fsp3) is 0.150. The van der Waals surface area contributed by atoms with Crippen LogP contribution < -0.4 is 19.5 Å². The number of hydrogen-bond acceptors (Lipinski definition) is 7. The van der Waals surface area contributed by atoms with Gasteiger partial charge in [0.15, 0.2) is 5.82 Å². The van der Waals surface area contributed by atoms with Crippen LogP contribution in [0.5, 0.6) is 11.8 Å². The average molecular weight is 428 g/mol. The topological polar surface area (TPSA) is 120 Å². The summed E-state index contributed by atoms with van der Waals surface area (Å²) < 4.78 is 38.0. The molecule has 9 nitrogen and oxygen atoms in total. The molecule has 0 atom stereocenters. The van der Waals surface area contributed by atoms with E-state index in [1.54, 1.807) is 30.3 Å². The molecule has 0 aliphatic heterocycles. The number of hydrogen-bond donors (Lipinski definition) is 2. The lowest BCUT2D eigenvalue weighted by atomic mass is 10.2. The minimum Gasteiger partial charge on any atom is -0.481 e. The summed E-state index contributed by atoms with van der Waals surface area (Å²) in [5.41, 5.74) is 1.55. The van der Waals surface area contributed by atoms with Crippen LogP contribution in [0.15, 0.2) is 59.5 Å². The zero-order chi connectivity index (χ0) is 21.7. The number of nitrogens with zero attached hydrogens (tertiary/aromatic N) is 2. The molecule has 10 heteroatoms. The number of methoxy groups -OCH3 is 2. The van der Waals surface area contributed by atoms with Crippen molar-refractivity contribution in [3.63, 3.8) is 0 Å². The molecule has 0 bridgehead atoms. The quantitative estimate of drug-likeness (QED) is 0.594. The van der Waals surface area contributed by atoms with Gasteiger partial charge in [0, 0.05) is 23.9 Å². The molecule has 30 heavy (non-hydrogen) atoms. The molecule has 0 aliphatic carbocycles. The van der Waals surface area contributed by atoms with E-state index in [1.807, 2.05) is 0 Å². The molecule has 156 valence electrons. The predicted molar refractivity (Wildman–Crippen MR) is 112 cm³/mol. The highest BCUT2D eigenvalue weighted by atomic mass is 32.2. The van der Waals surface area contributed by atoms with Crippen molar-refractivity contribution in [2.45, 2.75) is 11.8 Å². The number of ether oxygens (including phenoxy) is 2. The van der Waals surface area contributed by atoms with Gasteiger partial charge in [0.25, 0.3) is 10.0 Å². The molecule has 0 unspecified atom stereocenters. The van der Waals surface area contributed by atoms with Gasteiger partial charge in [-0.25, -0.2) is 8.42 Å². The summed E-state index contributed by atoms with van der Waals surface area (Å²) in [6, 6.07) is 14.0. The Morgan fingerprint density at radius 3 is 1.90 bits per heavy atom. The van der Waals surface area contributed by atoms with Crippen molar-refractivity contribution in [1.29, 1.82) is 0 Å². The number of anilines is 2. The van der Waals surface area contributed by atoms with Crippen LogP contribution in [-0.4, -0.2) is 38.5 Å². The summed E-state index contributed by atoms with van der Waals surface area (Å²) in [4.78, 5) is 19.7. The molecule has 0 radical (unpaired) electrons. The largest absolute Gasteiger partial charge is 0.481 e. The molecule has 0 aliphatic rings. The fourth-order valence-corrected chi connectivity index (χ4v) is 3.62. The van der Waals surface area contributed by atoms with Crippen molar-refractivity contribution >= 4 is 27.3 Å². The molecule has 0 saturated carbocycles. The van der Waals surface area contributed by atoms with E-state index >= 15 is 0 Å². The Morgan fingerprint density at radius 1 is 0.867 bits per heavy atom. The number of carbonyl (C=O) groups is 1. The first-order valence-electron chi connectivity index (χ1n) is 8.78. The van der Waals surface area contributed by atoms with Crippen molar-refractivity contribution in [3.05, 3.63) is 54.6 Å². The Hall–Kier alpha value is -3.66. The summed E-state index contributed by atoms with van der Waals surface area (Å²) in [7, 11) is -0.807. The van der Waals surface area contributed by atoms with E-state index in [9.17, 15) is 13.2 Å². The third-order valence-corrected chi connectivity index (χ3v) is 5.37. The van der Waals surface area contributed by atoms with Gasteiger partial charge in [-0.15, -0.1) is 0 Å². The maximum absolute atomic E-state index is 12.6. The highest BCUT2D eigenvalue weighted by Crippen LogP contribution is 2.25. The Labute approximate surface area is 174 Å². The maximum atomic E-state index is 12.6. The molecule has 0 saturated heterocycles. The first-order chi connectivity index (χ1) is 14.3. The van der Waals surface area contributed by atoms with Crippen molar-refractivity contribution in [2.24, 2.45) is 0 Å². The Kier molecular flexibility index (Phi) is 6.17. The molecule has 2 aromatic carbocycles. The number of nitrogens with one attached hydrogen (secondary N) is 2. The number of carbonyl (C=O) groups excluding carboxylic acids is 1. The summed E-state index contributed by atoms with van der Waals surface area (Å²) >= 11 is 0. The SMILES string of the molecule is COc1cc(OC)nc(-c2ccc(NS(=O)(=O)c3ccc(NC(C)=O)cc3)cc2)n1. The van der Waals surface area contributed by atoms with Crippen molar-refractivity contribution in [3.8, 4) is 23.1 Å². The zero-order valence-corrected chi connectivity index (χ0v) is 17.4. The van der Waals surface area contributed by atoms with Crippen LogP contribution >= 0.6 is 0 Å². The third kappa shape index (κ3) is 5.03. The van der Waals surface area contributed by atoms with Gasteiger partial charge in [-0.1, -0.05) is 0 Å². The van der Waals surface area contributed by atoms with Crippen LogP contribution in [-0.2, 0) is 14.8 Å². The van der Waals surface area contributed by atoms with E-state index < -0.39 is 10.0 Å². The van der Waals surface area contributed by atoms with Gasteiger partial charge in [0.2, 0.25) is 17.7 Å². The minimum absolute atomic E-state index is 0.0709. The van der Waals surface area contributed by atoms with Gasteiger partial charge >= 0.3 is 0 Å². The van der Waals surface area contributed by atoms with Gasteiger partial charge in [-0.05, 0) is 48.5 Å². The van der Waals surface area contributed by atoms with Crippen molar-refractivity contribution < 1.29 is 22.7 Å². The molecule has 3 aromatic rings. The molecule has 1 heterocycles. The van der Waals surface area contributed by atoms with Crippen LogP contribution in [0, 0.1) is 0 Å². The number of amides is 1. The second-order valence-corrected chi connectivity index (χ2v) is 7.85. The highest BCUT2D eigenvalue weighted by Gasteiger charge is 2.15. The number of benzene rings is 2. The van der Waals surface area contributed by atoms with E-state index in [1.165, 1.54) is 45.4 Å². The van der Waals surface area contributed by atoms with Gasteiger partial charge in [0.05, 0.1) is 25.2 Å². The molecule has 0 spiro atoms. The predicted octanol–water partition coefficient (Wildman–Crippen LogP) is 2.92. The third-order valence-electron chi connectivity index (χ3n) is 3.98. The average Bonchev–Trinajstić information content (AvgIpc) is 2.73. The number of sulfonamides is 1. The lowest BCUT2D eigenvalue weighted by Gasteiger charge is -2.10. The lowest BCUT2D eigenvalue weighted by molar-refractivity contribution is -0.114. The van der Waals surface area contributed by atoms with Gasteiger partial charge in [-0.2, -0.15) is 9.97 Å². The van der Waals surface area contributed by atoms with Crippen LogP contribution in [0.3, 0.4) is 0 Å². The van der Waals surface area contributed by atoms with E-state index in [2.05, 4.69) is 20.0 Å². The molecule has 0 fully saturated rings. The summed E-state index contributed by atoms with van der Waals surface area (Å²) in [6.45, 7) is 1.38. The van der Waals surface area contributed by atoms with Crippen LogP contribution in [0.1, 0.15) is 6.92 Å². The van der Waals surface area contributed by atoms with Crippen LogP contribution in [0.2, 0.25) is 0 Å².